The lowest BCUT2D eigenvalue weighted by Gasteiger charge is -2.18. The van der Waals surface area contributed by atoms with Crippen LogP contribution in [0.15, 0.2) is 54.6 Å². The number of nitro groups is 1. The van der Waals surface area contributed by atoms with E-state index in [4.69, 9.17) is 5.73 Å². The molecule has 5 nitrogen and oxygen atoms in total. The predicted molar refractivity (Wildman–Crippen MR) is 95.8 cm³/mol. The van der Waals surface area contributed by atoms with Gasteiger partial charge in [-0.1, -0.05) is 42.2 Å². The smallest absolute Gasteiger partial charge is 0.269 e. The van der Waals surface area contributed by atoms with E-state index in [1.54, 1.807) is 12.1 Å². The summed E-state index contributed by atoms with van der Waals surface area (Å²) in [5.74, 6) is 5.91. The molecule has 0 spiro atoms. The Bertz CT molecular complexity index is 709. The van der Waals surface area contributed by atoms with Crippen molar-refractivity contribution >= 4 is 18.1 Å². The molecule has 2 aromatic rings. The molecule has 126 valence electrons. The van der Waals surface area contributed by atoms with Crippen molar-refractivity contribution < 1.29 is 10.0 Å². The Balaban J connectivity index is 0.00000288. The number of rotatable bonds is 5. The highest BCUT2D eigenvalue weighted by Crippen LogP contribution is 2.17. The number of hydrogen-bond donors (Lipinski definition) is 2. The molecule has 2 atom stereocenters. The summed E-state index contributed by atoms with van der Waals surface area (Å²) >= 11 is 0. The van der Waals surface area contributed by atoms with E-state index in [2.05, 4.69) is 11.8 Å². The number of hydrogen-bond acceptors (Lipinski definition) is 4. The summed E-state index contributed by atoms with van der Waals surface area (Å²) in [6.07, 6.45) is 0.398. The number of aliphatic hydroxyl groups is 1. The van der Waals surface area contributed by atoms with E-state index >= 15 is 0 Å². The van der Waals surface area contributed by atoms with Crippen molar-refractivity contribution in [1.29, 1.82) is 0 Å². The average molecular weight is 347 g/mol. The quantitative estimate of drug-likeness (QED) is 0.494. The van der Waals surface area contributed by atoms with Gasteiger partial charge in [-0.15, -0.1) is 12.4 Å². The molecule has 0 bridgehead atoms. The molecular formula is C18H19ClN2O3. The molecule has 0 aliphatic rings. The lowest BCUT2D eigenvalue weighted by Crippen LogP contribution is -2.28. The molecule has 2 aromatic carbocycles. The second kappa shape index (κ2) is 9.68. The Morgan fingerprint density at radius 2 is 1.75 bits per heavy atom. The largest absolute Gasteiger partial charge is 0.387 e. The van der Waals surface area contributed by atoms with E-state index < -0.39 is 11.0 Å². The Morgan fingerprint density at radius 1 is 1.12 bits per heavy atom. The first-order valence-corrected chi connectivity index (χ1v) is 7.30. The van der Waals surface area contributed by atoms with Crippen molar-refractivity contribution in [3.63, 3.8) is 0 Å². The molecule has 0 radical (unpaired) electrons. The highest BCUT2D eigenvalue weighted by atomic mass is 35.5. The van der Waals surface area contributed by atoms with Gasteiger partial charge in [0.25, 0.3) is 5.69 Å². The summed E-state index contributed by atoms with van der Waals surface area (Å²) in [6.45, 7) is 0. The van der Waals surface area contributed by atoms with E-state index in [-0.39, 0.29) is 24.1 Å². The lowest BCUT2D eigenvalue weighted by molar-refractivity contribution is -0.384. The minimum Gasteiger partial charge on any atom is -0.387 e. The first-order valence-electron chi connectivity index (χ1n) is 7.30. The second-order valence-electron chi connectivity index (χ2n) is 5.16. The lowest BCUT2D eigenvalue weighted by atomic mass is 9.99. The van der Waals surface area contributed by atoms with Crippen LogP contribution in [0.4, 0.5) is 5.69 Å². The summed E-state index contributed by atoms with van der Waals surface area (Å²) in [7, 11) is 0. The van der Waals surface area contributed by atoms with Crippen LogP contribution in [-0.4, -0.2) is 16.1 Å². The van der Waals surface area contributed by atoms with Crippen LogP contribution in [0.3, 0.4) is 0 Å². The fourth-order valence-electron chi connectivity index (χ4n) is 2.13. The van der Waals surface area contributed by atoms with Crippen LogP contribution < -0.4 is 5.73 Å². The van der Waals surface area contributed by atoms with E-state index in [9.17, 15) is 15.2 Å². The molecule has 3 N–H and O–H groups in total. The van der Waals surface area contributed by atoms with Crippen LogP contribution in [-0.2, 0) is 0 Å². The Kier molecular flexibility index (Phi) is 7.93. The highest BCUT2D eigenvalue weighted by Gasteiger charge is 2.15. The Hall–Kier alpha value is -2.39. The number of non-ortho nitro benzene ring substituents is 1. The summed E-state index contributed by atoms with van der Waals surface area (Å²) in [6, 6.07) is 15.0. The molecular weight excluding hydrogens is 328 g/mol. The Morgan fingerprint density at radius 3 is 2.33 bits per heavy atom. The molecule has 0 saturated heterocycles. The first kappa shape index (κ1) is 19.7. The van der Waals surface area contributed by atoms with Gasteiger partial charge in [-0.05, 0) is 24.1 Å². The van der Waals surface area contributed by atoms with Gasteiger partial charge >= 0.3 is 0 Å². The third kappa shape index (κ3) is 5.67. The topological polar surface area (TPSA) is 89.4 Å². The van der Waals surface area contributed by atoms with Gasteiger partial charge in [0.2, 0.25) is 0 Å². The molecule has 0 aromatic heterocycles. The third-order valence-corrected chi connectivity index (χ3v) is 3.46. The van der Waals surface area contributed by atoms with Crippen LogP contribution >= 0.6 is 12.4 Å². The maximum Gasteiger partial charge on any atom is 0.269 e. The maximum absolute atomic E-state index is 10.6. The van der Waals surface area contributed by atoms with Gasteiger partial charge in [0, 0.05) is 30.2 Å². The maximum atomic E-state index is 10.6. The SMILES string of the molecule is Cl.N[C@H](CCC#Cc1ccc([N+](=O)[O-])cc1)[C@@H](O)c1ccccc1. The molecule has 0 saturated carbocycles. The van der Waals surface area contributed by atoms with Gasteiger partial charge in [0.05, 0.1) is 11.0 Å². The standard InChI is InChI=1S/C18H18N2O3.ClH/c19-17(18(21)15-7-2-1-3-8-15)9-5-4-6-14-10-12-16(13-11-14)20(22)23;/h1-3,7-8,10-13,17-18,21H,5,9,19H2;1H/t17-,18+;/m1./s1. The minimum absolute atomic E-state index is 0. The predicted octanol–water partition coefficient (Wildman–Crippen LogP) is 3.21. The molecule has 24 heavy (non-hydrogen) atoms. The number of halogens is 1. The van der Waals surface area contributed by atoms with Gasteiger partial charge < -0.3 is 10.8 Å². The minimum atomic E-state index is -0.711. The molecule has 0 amide bonds. The molecule has 0 aliphatic carbocycles. The average Bonchev–Trinajstić information content (AvgIpc) is 2.59. The fourth-order valence-corrected chi connectivity index (χ4v) is 2.13. The normalized spacial score (nSPS) is 12.2. The summed E-state index contributed by atoms with van der Waals surface area (Å²) in [4.78, 5) is 10.1. The molecule has 0 heterocycles. The van der Waals surface area contributed by atoms with E-state index in [0.717, 1.165) is 5.56 Å². The summed E-state index contributed by atoms with van der Waals surface area (Å²) in [5, 5.41) is 20.7. The van der Waals surface area contributed by atoms with Crippen molar-refractivity contribution in [2.45, 2.75) is 25.0 Å². The molecule has 0 fully saturated rings. The fraction of sp³-hybridized carbons (Fsp3) is 0.222. The summed E-state index contributed by atoms with van der Waals surface area (Å²) in [5.41, 5.74) is 7.54. The van der Waals surface area contributed by atoms with Gasteiger partial charge in [-0.3, -0.25) is 10.1 Å². The monoisotopic (exact) mass is 346 g/mol. The number of aliphatic hydroxyl groups excluding tert-OH is 1. The molecule has 2 rings (SSSR count). The van der Waals surface area contributed by atoms with Crippen LogP contribution in [0.25, 0.3) is 0 Å². The van der Waals surface area contributed by atoms with Crippen molar-refractivity contribution in [2.24, 2.45) is 5.73 Å². The van der Waals surface area contributed by atoms with Crippen LogP contribution in [0.2, 0.25) is 0 Å². The van der Waals surface area contributed by atoms with Crippen molar-refractivity contribution in [2.75, 3.05) is 0 Å². The Labute approximate surface area is 147 Å². The van der Waals surface area contributed by atoms with E-state index in [1.165, 1.54) is 12.1 Å². The van der Waals surface area contributed by atoms with E-state index in [0.29, 0.717) is 18.4 Å². The molecule has 0 unspecified atom stereocenters. The first-order chi connectivity index (χ1) is 11.1. The van der Waals surface area contributed by atoms with Crippen molar-refractivity contribution in [3.8, 4) is 11.8 Å². The number of nitro benzene ring substituents is 1. The molecule has 6 heteroatoms. The van der Waals surface area contributed by atoms with Gasteiger partial charge in [0.15, 0.2) is 0 Å². The van der Waals surface area contributed by atoms with Crippen molar-refractivity contribution in [1.82, 2.24) is 0 Å². The van der Waals surface area contributed by atoms with Gasteiger partial charge in [-0.2, -0.15) is 0 Å². The zero-order valence-corrected chi connectivity index (χ0v) is 13.8. The number of benzene rings is 2. The molecule has 0 aliphatic heterocycles. The zero-order chi connectivity index (χ0) is 16.7. The zero-order valence-electron chi connectivity index (χ0n) is 13.0. The van der Waals surface area contributed by atoms with Gasteiger partial charge in [-0.25, -0.2) is 0 Å². The number of nitrogens with zero attached hydrogens (tertiary/aromatic N) is 1. The summed E-state index contributed by atoms with van der Waals surface area (Å²) < 4.78 is 0. The third-order valence-electron chi connectivity index (χ3n) is 3.46. The van der Waals surface area contributed by atoms with Crippen LogP contribution in [0.1, 0.15) is 30.1 Å². The second-order valence-corrected chi connectivity index (χ2v) is 5.16. The number of nitrogens with two attached hydrogens (primary N) is 1. The highest BCUT2D eigenvalue weighted by molar-refractivity contribution is 5.85. The van der Waals surface area contributed by atoms with Crippen LogP contribution in [0.5, 0.6) is 0 Å². The van der Waals surface area contributed by atoms with Gasteiger partial charge in [0.1, 0.15) is 0 Å². The van der Waals surface area contributed by atoms with Crippen LogP contribution in [0, 0.1) is 22.0 Å². The van der Waals surface area contributed by atoms with E-state index in [1.807, 2.05) is 30.3 Å². The van der Waals surface area contributed by atoms with Crippen molar-refractivity contribution in [3.05, 3.63) is 75.8 Å².